The van der Waals surface area contributed by atoms with Crippen molar-refractivity contribution in [3.63, 3.8) is 0 Å². The zero-order chi connectivity index (χ0) is 12.8. The van der Waals surface area contributed by atoms with Gasteiger partial charge >= 0.3 is 0 Å². The first kappa shape index (κ1) is 13.5. The smallest absolute Gasteiger partial charge is 0.223 e. The van der Waals surface area contributed by atoms with Crippen LogP contribution in [0.15, 0.2) is 29.2 Å². The second-order valence-electron chi connectivity index (χ2n) is 4.93. The van der Waals surface area contributed by atoms with Crippen molar-refractivity contribution in [3.05, 3.63) is 29.8 Å². The van der Waals surface area contributed by atoms with Gasteiger partial charge in [0.15, 0.2) is 0 Å². The van der Waals surface area contributed by atoms with Crippen LogP contribution in [0.5, 0.6) is 0 Å². The topological polar surface area (TPSA) is 29.1 Å². The maximum absolute atomic E-state index is 11.8. The summed E-state index contributed by atoms with van der Waals surface area (Å²) in [6.07, 6.45) is 4.60. The fourth-order valence-electron chi connectivity index (χ4n) is 2.31. The molecule has 1 amide bonds. The zero-order valence-electron chi connectivity index (χ0n) is 10.9. The van der Waals surface area contributed by atoms with Gasteiger partial charge in [-0.2, -0.15) is 0 Å². The average Bonchev–Trinajstić information content (AvgIpc) is 2.90. The fourth-order valence-corrected chi connectivity index (χ4v) is 3.08. The second-order valence-corrected chi connectivity index (χ2v) is 6.10. The molecule has 98 valence electrons. The van der Waals surface area contributed by atoms with Gasteiger partial charge in [0.1, 0.15) is 0 Å². The highest BCUT2D eigenvalue weighted by atomic mass is 32.2. The minimum absolute atomic E-state index is 0.261. The zero-order valence-corrected chi connectivity index (χ0v) is 11.8. The van der Waals surface area contributed by atoms with Crippen molar-refractivity contribution in [1.82, 2.24) is 5.32 Å². The minimum atomic E-state index is 0.261. The van der Waals surface area contributed by atoms with Gasteiger partial charge in [0.2, 0.25) is 5.91 Å². The summed E-state index contributed by atoms with van der Waals surface area (Å²) in [7, 11) is 0. The van der Waals surface area contributed by atoms with Crippen LogP contribution in [0.2, 0.25) is 0 Å². The molecular weight excluding hydrogens is 242 g/mol. The van der Waals surface area contributed by atoms with E-state index in [0.717, 1.165) is 25.1 Å². The number of nitrogens with one attached hydrogen (secondary N) is 1. The third kappa shape index (κ3) is 4.05. The standard InChI is InChI=1S/C15H21NOS/c1-12-6-8-14(9-7-12)18-11-10-16-15(17)13-4-2-3-5-13/h6-9,13H,2-5,10-11H2,1H3,(H,16,17). The van der Waals surface area contributed by atoms with Crippen LogP contribution in [0.4, 0.5) is 0 Å². The summed E-state index contributed by atoms with van der Waals surface area (Å²) in [5.74, 6) is 1.49. The number of rotatable bonds is 5. The molecule has 18 heavy (non-hydrogen) atoms. The molecule has 2 rings (SSSR count). The lowest BCUT2D eigenvalue weighted by Gasteiger charge is -2.10. The van der Waals surface area contributed by atoms with Crippen LogP contribution in [0.1, 0.15) is 31.2 Å². The average molecular weight is 263 g/mol. The van der Waals surface area contributed by atoms with E-state index in [1.807, 2.05) is 0 Å². The van der Waals surface area contributed by atoms with Gasteiger partial charge in [-0.15, -0.1) is 11.8 Å². The van der Waals surface area contributed by atoms with Crippen LogP contribution < -0.4 is 5.32 Å². The van der Waals surface area contributed by atoms with Gasteiger partial charge in [0.25, 0.3) is 0 Å². The largest absolute Gasteiger partial charge is 0.355 e. The Kier molecular flexibility index (Phi) is 5.12. The molecule has 1 fully saturated rings. The molecule has 0 atom stereocenters. The van der Waals surface area contributed by atoms with Crippen molar-refractivity contribution < 1.29 is 4.79 Å². The maximum Gasteiger partial charge on any atom is 0.223 e. The van der Waals surface area contributed by atoms with Crippen molar-refractivity contribution in [2.75, 3.05) is 12.3 Å². The number of hydrogen-bond donors (Lipinski definition) is 1. The van der Waals surface area contributed by atoms with Crippen LogP contribution in [-0.4, -0.2) is 18.2 Å². The summed E-state index contributed by atoms with van der Waals surface area (Å²) in [5.41, 5.74) is 1.29. The first-order valence-corrected chi connectivity index (χ1v) is 7.71. The van der Waals surface area contributed by atoms with E-state index >= 15 is 0 Å². The number of thioether (sulfide) groups is 1. The van der Waals surface area contributed by atoms with Crippen molar-refractivity contribution in [1.29, 1.82) is 0 Å². The number of hydrogen-bond acceptors (Lipinski definition) is 2. The highest BCUT2D eigenvalue weighted by Crippen LogP contribution is 2.24. The molecule has 1 aliphatic carbocycles. The van der Waals surface area contributed by atoms with E-state index in [-0.39, 0.29) is 11.8 Å². The van der Waals surface area contributed by atoms with Gasteiger partial charge in [-0.1, -0.05) is 30.5 Å². The van der Waals surface area contributed by atoms with Crippen LogP contribution in [0, 0.1) is 12.8 Å². The number of benzene rings is 1. The first-order chi connectivity index (χ1) is 8.75. The number of amides is 1. The molecule has 1 aromatic carbocycles. The molecule has 3 heteroatoms. The highest BCUT2D eigenvalue weighted by Gasteiger charge is 2.21. The van der Waals surface area contributed by atoms with Gasteiger partial charge in [-0.3, -0.25) is 4.79 Å². The Bertz CT molecular complexity index is 382. The van der Waals surface area contributed by atoms with Crippen molar-refractivity contribution >= 4 is 17.7 Å². The van der Waals surface area contributed by atoms with E-state index < -0.39 is 0 Å². The van der Waals surface area contributed by atoms with Crippen molar-refractivity contribution in [2.45, 2.75) is 37.5 Å². The number of carbonyl (C=O) groups is 1. The SMILES string of the molecule is Cc1ccc(SCCNC(=O)C2CCCC2)cc1. The molecule has 0 aliphatic heterocycles. The summed E-state index contributed by atoms with van der Waals surface area (Å²) >= 11 is 1.80. The van der Waals surface area contributed by atoms with Gasteiger partial charge in [-0.25, -0.2) is 0 Å². The highest BCUT2D eigenvalue weighted by molar-refractivity contribution is 7.99. The molecular formula is C15H21NOS. The predicted octanol–water partition coefficient (Wildman–Crippen LogP) is 3.39. The molecule has 0 spiro atoms. The molecule has 1 aromatic rings. The van der Waals surface area contributed by atoms with Crippen molar-refractivity contribution in [2.24, 2.45) is 5.92 Å². The number of aryl methyl sites for hydroxylation is 1. The summed E-state index contributed by atoms with van der Waals surface area (Å²) < 4.78 is 0. The van der Waals surface area contributed by atoms with Crippen LogP contribution in [-0.2, 0) is 4.79 Å². The van der Waals surface area contributed by atoms with Gasteiger partial charge in [0.05, 0.1) is 0 Å². The number of carbonyl (C=O) groups excluding carboxylic acids is 1. The molecule has 1 saturated carbocycles. The lowest BCUT2D eigenvalue weighted by atomic mass is 10.1. The monoisotopic (exact) mass is 263 g/mol. The first-order valence-electron chi connectivity index (χ1n) is 6.73. The molecule has 2 nitrogen and oxygen atoms in total. The molecule has 0 radical (unpaired) electrons. The molecule has 0 heterocycles. The third-order valence-corrected chi connectivity index (χ3v) is 4.43. The Morgan fingerprint density at radius 3 is 2.61 bits per heavy atom. The molecule has 0 bridgehead atoms. The predicted molar refractivity (Wildman–Crippen MR) is 76.9 cm³/mol. The summed E-state index contributed by atoms with van der Waals surface area (Å²) in [6.45, 7) is 2.87. The van der Waals surface area contributed by atoms with Crippen LogP contribution in [0.25, 0.3) is 0 Å². The van der Waals surface area contributed by atoms with E-state index in [1.54, 1.807) is 11.8 Å². The van der Waals surface area contributed by atoms with Crippen LogP contribution >= 0.6 is 11.8 Å². The lowest BCUT2D eigenvalue weighted by molar-refractivity contribution is -0.124. The second kappa shape index (κ2) is 6.83. The Hall–Kier alpha value is -0.960. The minimum Gasteiger partial charge on any atom is -0.355 e. The molecule has 0 saturated heterocycles. The Morgan fingerprint density at radius 2 is 1.94 bits per heavy atom. The van der Waals surface area contributed by atoms with Gasteiger partial charge in [0, 0.05) is 23.1 Å². The van der Waals surface area contributed by atoms with E-state index in [4.69, 9.17) is 0 Å². The Balaban J connectivity index is 1.63. The normalized spacial score (nSPS) is 15.8. The van der Waals surface area contributed by atoms with Gasteiger partial charge < -0.3 is 5.32 Å². The van der Waals surface area contributed by atoms with E-state index in [9.17, 15) is 4.79 Å². The van der Waals surface area contributed by atoms with E-state index in [1.165, 1.54) is 23.3 Å². The lowest BCUT2D eigenvalue weighted by Crippen LogP contribution is -2.30. The molecule has 0 aromatic heterocycles. The summed E-state index contributed by atoms with van der Waals surface area (Å²) in [6, 6.07) is 8.52. The molecule has 0 unspecified atom stereocenters. The van der Waals surface area contributed by atoms with Crippen LogP contribution in [0.3, 0.4) is 0 Å². The molecule has 1 aliphatic rings. The Labute approximate surface area is 114 Å². The quantitative estimate of drug-likeness (QED) is 0.651. The van der Waals surface area contributed by atoms with E-state index in [0.29, 0.717) is 0 Å². The van der Waals surface area contributed by atoms with Crippen molar-refractivity contribution in [3.8, 4) is 0 Å². The fraction of sp³-hybridized carbons (Fsp3) is 0.533. The van der Waals surface area contributed by atoms with E-state index in [2.05, 4.69) is 36.5 Å². The maximum atomic E-state index is 11.8. The third-order valence-electron chi connectivity index (χ3n) is 3.42. The summed E-state index contributed by atoms with van der Waals surface area (Å²) in [4.78, 5) is 13.1. The van der Waals surface area contributed by atoms with Gasteiger partial charge in [-0.05, 0) is 31.9 Å². The summed E-state index contributed by atoms with van der Waals surface area (Å²) in [5, 5.41) is 3.05. The Morgan fingerprint density at radius 1 is 1.28 bits per heavy atom. The molecule has 1 N–H and O–H groups in total.